The van der Waals surface area contributed by atoms with Gasteiger partial charge < -0.3 is 0 Å². The molecule has 1 saturated carbocycles. The summed E-state index contributed by atoms with van der Waals surface area (Å²) in [5.41, 5.74) is 1.66. The molecule has 0 spiro atoms. The van der Waals surface area contributed by atoms with E-state index < -0.39 is 0 Å². The van der Waals surface area contributed by atoms with Crippen molar-refractivity contribution in [1.82, 2.24) is 0 Å². The van der Waals surface area contributed by atoms with Crippen molar-refractivity contribution in [1.29, 1.82) is 0 Å². The van der Waals surface area contributed by atoms with Crippen molar-refractivity contribution in [3.63, 3.8) is 0 Å². The molecule has 46 valence electrons. The van der Waals surface area contributed by atoms with Crippen molar-refractivity contribution < 1.29 is 0 Å². The highest BCUT2D eigenvalue weighted by molar-refractivity contribution is 5.11. The smallest absolute Gasteiger partial charge is 0.0289 e. The zero-order valence-corrected chi connectivity index (χ0v) is 5.78. The highest BCUT2D eigenvalue weighted by atomic mass is 14.2. The fourth-order valence-electron chi connectivity index (χ4n) is 1.21. The second kappa shape index (κ2) is 2.34. The van der Waals surface area contributed by atoms with Crippen molar-refractivity contribution in [3.05, 3.63) is 11.6 Å². The summed E-state index contributed by atoms with van der Waals surface area (Å²) in [5, 5.41) is 0. The quantitative estimate of drug-likeness (QED) is 0.455. The van der Waals surface area contributed by atoms with Gasteiger partial charge in [-0.15, -0.1) is 0 Å². The first-order valence-corrected chi connectivity index (χ1v) is 3.50. The normalized spacial score (nSPS) is 27.2. The molecule has 0 bridgehead atoms. The van der Waals surface area contributed by atoms with Gasteiger partial charge in [-0.25, -0.2) is 0 Å². The van der Waals surface area contributed by atoms with Crippen LogP contribution in [0.1, 0.15) is 33.1 Å². The lowest BCUT2D eigenvalue weighted by Gasteiger charge is -2.27. The van der Waals surface area contributed by atoms with Crippen LogP contribution in [0.25, 0.3) is 0 Å². The maximum absolute atomic E-state index is 2.27. The van der Waals surface area contributed by atoms with Crippen LogP contribution in [-0.4, -0.2) is 0 Å². The number of hydrogen-bond donors (Lipinski definition) is 0. The molecule has 0 atom stereocenters. The number of rotatable bonds is 1. The third-order valence-corrected chi connectivity index (χ3v) is 2.09. The summed E-state index contributed by atoms with van der Waals surface area (Å²) in [6, 6.07) is 0. The van der Waals surface area contributed by atoms with Crippen LogP contribution in [0.5, 0.6) is 0 Å². The van der Waals surface area contributed by atoms with Gasteiger partial charge in [-0.2, -0.15) is 0 Å². The van der Waals surface area contributed by atoms with E-state index in [1.807, 2.05) is 0 Å². The Morgan fingerprint density at radius 3 is 2.62 bits per heavy atom. The third kappa shape index (κ3) is 0.936. The van der Waals surface area contributed by atoms with Gasteiger partial charge in [-0.1, -0.05) is 25.0 Å². The average Bonchev–Trinajstić information content (AvgIpc) is 1.65. The van der Waals surface area contributed by atoms with Crippen LogP contribution in [-0.2, 0) is 0 Å². The van der Waals surface area contributed by atoms with Gasteiger partial charge in [0.25, 0.3) is 0 Å². The SMILES string of the molecule is CC=C1CC(CC)C1. The molecule has 0 saturated heterocycles. The van der Waals surface area contributed by atoms with E-state index in [0.717, 1.165) is 5.92 Å². The van der Waals surface area contributed by atoms with E-state index in [4.69, 9.17) is 0 Å². The first-order chi connectivity index (χ1) is 3.86. The summed E-state index contributed by atoms with van der Waals surface area (Å²) in [6.07, 6.45) is 6.39. The molecule has 0 amide bonds. The van der Waals surface area contributed by atoms with Crippen LogP contribution in [0.4, 0.5) is 0 Å². The molecule has 0 nitrogen and oxygen atoms in total. The van der Waals surface area contributed by atoms with Gasteiger partial charge in [0.05, 0.1) is 0 Å². The second-order valence-corrected chi connectivity index (χ2v) is 2.63. The summed E-state index contributed by atoms with van der Waals surface area (Å²) < 4.78 is 0. The first kappa shape index (κ1) is 5.87. The van der Waals surface area contributed by atoms with E-state index >= 15 is 0 Å². The molecule has 0 aromatic carbocycles. The monoisotopic (exact) mass is 110 g/mol. The molecule has 1 fully saturated rings. The average molecular weight is 110 g/mol. The summed E-state index contributed by atoms with van der Waals surface area (Å²) in [6.45, 7) is 4.41. The Morgan fingerprint density at radius 1 is 1.62 bits per heavy atom. The highest BCUT2D eigenvalue weighted by Crippen LogP contribution is 2.34. The topological polar surface area (TPSA) is 0 Å². The maximum Gasteiger partial charge on any atom is -0.0289 e. The van der Waals surface area contributed by atoms with Gasteiger partial charge in [0.2, 0.25) is 0 Å². The van der Waals surface area contributed by atoms with Gasteiger partial charge in [-0.3, -0.25) is 0 Å². The van der Waals surface area contributed by atoms with Crippen molar-refractivity contribution in [2.75, 3.05) is 0 Å². The van der Waals surface area contributed by atoms with Crippen molar-refractivity contribution in [2.24, 2.45) is 5.92 Å². The van der Waals surface area contributed by atoms with Crippen LogP contribution in [0.3, 0.4) is 0 Å². The summed E-state index contributed by atoms with van der Waals surface area (Å²) in [4.78, 5) is 0. The largest absolute Gasteiger partial charge is 0.0884 e. The van der Waals surface area contributed by atoms with Crippen LogP contribution in [0, 0.1) is 5.92 Å². The molecule has 0 radical (unpaired) electrons. The molecule has 0 aromatic heterocycles. The minimum absolute atomic E-state index is 1.03. The van der Waals surface area contributed by atoms with E-state index in [9.17, 15) is 0 Å². The molecule has 0 heterocycles. The lowest BCUT2D eigenvalue weighted by atomic mass is 9.78. The Balaban J connectivity index is 2.21. The Kier molecular flexibility index (Phi) is 1.72. The number of allylic oxidation sites excluding steroid dienone is 2. The van der Waals surface area contributed by atoms with Gasteiger partial charge >= 0.3 is 0 Å². The van der Waals surface area contributed by atoms with Crippen molar-refractivity contribution in [2.45, 2.75) is 33.1 Å². The second-order valence-electron chi connectivity index (χ2n) is 2.63. The highest BCUT2D eigenvalue weighted by Gasteiger charge is 2.19. The summed E-state index contributed by atoms with van der Waals surface area (Å²) in [5.74, 6) is 1.03. The standard InChI is InChI=1S/C8H14/c1-3-7-5-8(4-2)6-7/h3,8H,4-6H2,1-2H3. The molecule has 1 aliphatic rings. The van der Waals surface area contributed by atoms with E-state index in [-0.39, 0.29) is 0 Å². The minimum atomic E-state index is 1.03. The molecule has 0 unspecified atom stereocenters. The van der Waals surface area contributed by atoms with E-state index in [2.05, 4.69) is 19.9 Å². The van der Waals surface area contributed by atoms with Crippen LogP contribution in [0.15, 0.2) is 11.6 Å². The molecule has 8 heavy (non-hydrogen) atoms. The van der Waals surface area contributed by atoms with Gasteiger partial charge in [-0.05, 0) is 25.7 Å². The summed E-state index contributed by atoms with van der Waals surface area (Å²) in [7, 11) is 0. The zero-order chi connectivity index (χ0) is 5.98. The Hall–Kier alpha value is -0.260. The molecular weight excluding hydrogens is 96.1 g/mol. The zero-order valence-electron chi connectivity index (χ0n) is 5.78. The van der Waals surface area contributed by atoms with Crippen LogP contribution in [0.2, 0.25) is 0 Å². The fourth-order valence-corrected chi connectivity index (χ4v) is 1.21. The molecule has 1 aliphatic carbocycles. The fraction of sp³-hybridized carbons (Fsp3) is 0.750. The molecular formula is C8H14. The van der Waals surface area contributed by atoms with Gasteiger partial charge in [0.15, 0.2) is 0 Å². The predicted molar refractivity (Wildman–Crippen MR) is 36.8 cm³/mol. The van der Waals surface area contributed by atoms with Crippen LogP contribution >= 0.6 is 0 Å². The van der Waals surface area contributed by atoms with E-state index in [0.29, 0.717) is 0 Å². The first-order valence-electron chi connectivity index (χ1n) is 3.50. The number of hydrogen-bond acceptors (Lipinski definition) is 0. The van der Waals surface area contributed by atoms with Crippen molar-refractivity contribution in [3.8, 4) is 0 Å². The molecule has 0 heteroatoms. The van der Waals surface area contributed by atoms with E-state index in [1.165, 1.54) is 19.3 Å². The minimum Gasteiger partial charge on any atom is -0.0884 e. The maximum atomic E-state index is 2.27. The molecule has 0 aliphatic heterocycles. The third-order valence-electron chi connectivity index (χ3n) is 2.09. The lowest BCUT2D eigenvalue weighted by molar-refractivity contribution is 0.405. The van der Waals surface area contributed by atoms with Gasteiger partial charge in [0.1, 0.15) is 0 Å². The Bertz CT molecular complexity index is 92.6. The van der Waals surface area contributed by atoms with Crippen LogP contribution < -0.4 is 0 Å². The van der Waals surface area contributed by atoms with E-state index in [1.54, 1.807) is 5.57 Å². The predicted octanol–water partition coefficient (Wildman–Crippen LogP) is 2.75. The van der Waals surface area contributed by atoms with Crippen molar-refractivity contribution >= 4 is 0 Å². The Labute approximate surface area is 51.6 Å². The van der Waals surface area contributed by atoms with Gasteiger partial charge in [0, 0.05) is 0 Å². The Morgan fingerprint density at radius 2 is 2.25 bits per heavy atom. The molecule has 1 rings (SSSR count). The molecule has 0 N–H and O–H groups in total. The molecule has 0 aromatic rings. The summed E-state index contributed by atoms with van der Waals surface area (Å²) >= 11 is 0. The lowest BCUT2D eigenvalue weighted by Crippen LogP contribution is -2.12.